The number of hydrogen-bond acceptors (Lipinski definition) is 5. The molecule has 23 heavy (non-hydrogen) atoms. The van der Waals surface area contributed by atoms with E-state index < -0.39 is 6.09 Å². The van der Waals surface area contributed by atoms with Crippen LogP contribution in [0.5, 0.6) is 5.75 Å². The molecule has 0 unspecified atom stereocenters. The van der Waals surface area contributed by atoms with Crippen LogP contribution in [-0.2, 0) is 11.3 Å². The molecule has 1 amide bonds. The lowest BCUT2D eigenvalue weighted by Crippen LogP contribution is -2.11. The number of hydrogen-bond donors (Lipinski definition) is 2. The Bertz CT molecular complexity index is 844. The normalized spacial score (nSPS) is 10.5. The largest absolute Gasteiger partial charge is 0.487 e. The highest BCUT2D eigenvalue weighted by Crippen LogP contribution is 2.21. The molecule has 3 aromatic rings. The van der Waals surface area contributed by atoms with Crippen LogP contribution in [-0.4, -0.2) is 28.2 Å². The van der Waals surface area contributed by atoms with Gasteiger partial charge in [0.15, 0.2) is 0 Å². The molecule has 0 aliphatic heterocycles. The molecular formula is C16H16N4O3. The minimum atomic E-state index is -0.578. The van der Waals surface area contributed by atoms with Gasteiger partial charge in [-0.15, -0.1) is 0 Å². The van der Waals surface area contributed by atoms with Crippen molar-refractivity contribution in [2.45, 2.75) is 13.5 Å². The Balaban J connectivity index is 1.73. The molecule has 3 rings (SSSR count). The first-order valence-electron chi connectivity index (χ1n) is 7.04. The number of aryl methyl sites for hydroxylation is 1. The molecule has 0 radical (unpaired) electrons. The standard InChI is InChI=1S/C16H16N4O3/c1-10-4-3-5-11(17-10)9-23-12-6-7-13-14(8-12)19-15(18-13)20-16(21)22-2/h3-8H,9H2,1-2H3,(H2,18,19,20,21). The fourth-order valence-electron chi connectivity index (χ4n) is 2.12. The Morgan fingerprint density at radius 3 is 2.91 bits per heavy atom. The fourth-order valence-corrected chi connectivity index (χ4v) is 2.12. The molecule has 0 bridgehead atoms. The second kappa shape index (κ2) is 6.35. The summed E-state index contributed by atoms with van der Waals surface area (Å²) in [5.74, 6) is 1.01. The number of nitrogens with one attached hydrogen (secondary N) is 2. The van der Waals surface area contributed by atoms with Gasteiger partial charge in [0.05, 0.1) is 23.8 Å². The van der Waals surface area contributed by atoms with E-state index in [0.717, 1.165) is 22.4 Å². The zero-order valence-electron chi connectivity index (χ0n) is 12.8. The number of carbonyl (C=O) groups is 1. The lowest BCUT2D eigenvalue weighted by atomic mass is 10.3. The Morgan fingerprint density at radius 1 is 1.26 bits per heavy atom. The summed E-state index contributed by atoms with van der Waals surface area (Å²) in [5.41, 5.74) is 3.29. The summed E-state index contributed by atoms with van der Waals surface area (Å²) in [5, 5.41) is 2.49. The van der Waals surface area contributed by atoms with Crippen LogP contribution in [0.2, 0.25) is 0 Å². The van der Waals surface area contributed by atoms with Gasteiger partial charge in [0.1, 0.15) is 12.4 Å². The van der Waals surface area contributed by atoms with E-state index in [0.29, 0.717) is 18.3 Å². The highest BCUT2D eigenvalue weighted by molar-refractivity contribution is 5.86. The third-order valence-corrected chi connectivity index (χ3v) is 3.19. The van der Waals surface area contributed by atoms with Gasteiger partial charge in [0, 0.05) is 11.8 Å². The summed E-state index contributed by atoms with van der Waals surface area (Å²) in [6, 6.07) is 11.3. The molecule has 2 aromatic heterocycles. The molecule has 0 saturated carbocycles. The molecule has 7 heteroatoms. The van der Waals surface area contributed by atoms with Crippen LogP contribution in [0.1, 0.15) is 11.4 Å². The van der Waals surface area contributed by atoms with Gasteiger partial charge < -0.3 is 14.5 Å². The van der Waals surface area contributed by atoms with E-state index in [2.05, 4.69) is 25.0 Å². The van der Waals surface area contributed by atoms with E-state index in [4.69, 9.17) is 4.74 Å². The van der Waals surface area contributed by atoms with Gasteiger partial charge >= 0.3 is 6.09 Å². The molecule has 0 fully saturated rings. The van der Waals surface area contributed by atoms with E-state index in [1.807, 2.05) is 43.3 Å². The van der Waals surface area contributed by atoms with Gasteiger partial charge in [-0.2, -0.15) is 0 Å². The Hall–Kier alpha value is -3.09. The van der Waals surface area contributed by atoms with Crippen molar-refractivity contribution in [1.82, 2.24) is 15.0 Å². The van der Waals surface area contributed by atoms with Crippen molar-refractivity contribution in [3.05, 3.63) is 47.8 Å². The molecule has 2 N–H and O–H groups in total. The van der Waals surface area contributed by atoms with Crippen LogP contribution in [0.4, 0.5) is 10.7 Å². The number of fused-ring (bicyclic) bond motifs is 1. The van der Waals surface area contributed by atoms with Crippen molar-refractivity contribution in [3.63, 3.8) is 0 Å². The minimum absolute atomic E-state index is 0.323. The van der Waals surface area contributed by atoms with Crippen LogP contribution < -0.4 is 10.1 Å². The smallest absolute Gasteiger partial charge is 0.413 e. The minimum Gasteiger partial charge on any atom is -0.487 e. The first-order chi connectivity index (χ1) is 11.1. The predicted molar refractivity (Wildman–Crippen MR) is 85.4 cm³/mol. The first-order valence-corrected chi connectivity index (χ1v) is 7.04. The quantitative estimate of drug-likeness (QED) is 0.773. The molecule has 0 spiro atoms. The number of nitrogens with zero attached hydrogens (tertiary/aromatic N) is 2. The predicted octanol–water partition coefficient (Wildman–Crippen LogP) is 3.02. The van der Waals surface area contributed by atoms with E-state index in [9.17, 15) is 4.79 Å². The summed E-state index contributed by atoms with van der Waals surface area (Å²) >= 11 is 0. The highest BCUT2D eigenvalue weighted by Gasteiger charge is 2.07. The summed E-state index contributed by atoms with van der Waals surface area (Å²) < 4.78 is 10.3. The second-order valence-corrected chi connectivity index (χ2v) is 4.94. The molecule has 0 saturated heterocycles. The van der Waals surface area contributed by atoms with Gasteiger partial charge in [-0.3, -0.25) is 10.3 Å². The fraction of sp³-hybridized carbons (Fsp3) is 0.188. The lowest BCUT2D eigenvalue weighted by Gasteiger charge is -2.06. The van der Waals surface area contributed by atoms with Crippen LogP contribution in [0.15, 0.2) is 36.4 Å². The summed E-state index contributed by atoms with van der Waals surface area (Å²) in [4.78, 5) is 22.8. The van der Waals surface area contributed by atoms with Crippen LogP contribution in [0.3, 0.4) is 0 Å². The number of methoxy groups -OCH3 is 1. The lowest BCUT2D eigenvalue weighted by molar-refractivity contribution is 0.186. The Labute approximate surface area is 132 Å². The SMILES string of the molecule is COC(=O)Nc1nc2ccc(OCc3cccc(C)n3)cc2[nH]1. The van der Waals surface area contributed by atoms with Gasteiger partial charge in [-0.05, 0) is 31.2 Å². The average molecular weight is 312 g/mol. The van der Waals surface area contributed by atoms with E-state index in [1.54, 1.807) is 0 Å². The van der Waals surface area contributed by atoms with Crippen LogP contribution in [0, 0.1) is 6.92 Å². The zero-order chi connectivity index (χ0) is 16.2. The van der Waals surface area contributed by atoms with Crippen molar-refractivity contribution in [2.24, 2.45) is 0 Å². The van der Waals surface area contributed by atoms with E-state index >= 15 is 0 Å². The Morgan fingerprint density at radius 2 is 2.13 bits per heavy atom. The van der Waals surface area contributed by atoms with Crippen molar-refractivity contribution in [2.75, 3.05) is 12.4 Å². The number of carbonyl (C=O) groups excluding carboxylic acids is 1. The summed E-state index contributed by atoms with van der Waals surface area (Å²) in [6.07, 6.45) is -0.578. The topological polar surface area (TPSA) is 89.1 Å². The number of pyridine rings is 1. The molecule has 1 aromatic carbocycles. The summed E-state index contributed by atoms with van der Waals surface area (Å²) in [6.45, 7) is 2.32. The number of anilines is 1. The van der Waals surface area contributed by atoms with E-state index in [1.165, 1.54) is 7.11 Å². The van der Waals surface area contributed by atoms with Crippen molar-refractivity contribution in [1.29, 1.82) is 0 Å². The average Bonchev–Trinajstić information content (AvgIpc) is 2.94. The molecular weight excluding hydrogens is 296 g/mol. The third-order valence-electron chi connectivity index (χ3n) is 3.19. The molecule has 0 aliphatic rings. The molecule has 0 aliphatic carbocycles. The van der Waals surface area contributed by atoms with Crippen LogP contribution >= 0.6 is 0 Å². The van der Waals surface area contributed by atoms with Gasteiger partial charge in [0.2, 0.25) is 5.95 Å². The highest BCUT2D eigenvalue weighted by atomic mass is 16.5. The third kappa shape index (κ3) is 3.57. The second-order valence-electron chi connectivity index (χ2n) is 4.94. The molecule has 2 heterocycles. The first kappa shape index (κ1) is 14.8. The number of H-pyrrole nitrogens is 1. The van der Waals surface area contributed by atoms with Crippen molar-refractivity contribution >= 4 is 23.1 Å². The van der Waals surface area contributed by atoms with Crippen LogP contribution in [0.25, 0.3) is 11.0 Å². The maximum absolute atomic E-state index is 11.2. The van der Waals surface area contributed by atoms with Crippen molar-refractivity contribution in [3.8, 4) is 5.75 Å². The van der Waals surface area contributed by atoms with Gasteiger partial charge in [-0.25, -0.2) is 9.78 Å². The number of imidazole rings is 1. The molecule has 118 valence electrons. The molecule has 7 nitrogen and oxygen atoms in total. The monoisotopic (exact) mass is 312 g/mol. The maximum Gasteiger partial charge on any atom is 0.413 e. The van der Waals surface area contributed by atoms with Crippen molar-refractivity contribution < 1.29 is 14.3 Å². The number of rotatable bonds is 4. The number of amides is 1. The summed E-state index contributed by atoms with van der Waals surface area (Å²) in [7, 11) is 1.29. The number of aromatic amines is 1. The number of ether oxygens (including phenoxy) is 2. The number of benzene rings is 1. The molecule has 0 atom stereocenters. The zero-order valence-corrected chi connectivity index (χ0v) is 12.8. The van der Waals surface area contributed by atoms with Gasteiger partial charge in [-0.1, -0.05) is 6.07 Å². The maximum atomic E-state index is 11.2. The van der Waals surface area contributed by atoms with E-state index in [-0.39, 0.29) is 0 Å². The van der Waals surface area contributed by atoms with Gasteiger partial charge in [0.25, 0.3) is 0 Å². The Kier molecular flexibility index (Phi) is 4.09. The number of aromatic nitrogens is 3.